The first kappa shape index (κ1) is 21.7. The number of hydrogen-bond acceptors (Lipinski definition) is 4. The number of urea groups is 1. The quantitative estimate of drug-likeness (QED) is 0.657. The zero-order chi connectivity index (χ0) is 20.1. The Morgan fingerprint density at radius 2 is 2.04 bits per heavy atom. The third kappa shape index (κ3) is 6.19. The van der Waals surface area contributed by atoms with Gasteiger partial charge in [-0.25, -0.2) is 17.9 Å². The fraction of sp³-hybridized carbons (Fsp3) is 0.632. The maximum Gasteiger partial charge on any atom is 0.315 e. The number of nitrogens with zero attached hydrogens (tertiary/aromatic N) is 1. The predicted octanol–water partition coefficient (Wildman–Crippen LogP) is 1.90. The lowest BCUT2D eigenvalue weighted by atomic mass is 9.93. The Bertz CT molecular complexity index is 749. The molecule has 2 rings (SSSR count). The van der Waals surface area contributed by atoms with E-state index >= 15 is 0 Å². The van der Waals surface area contributed by atoms with Crippen LogP contribution in [-0.4, -0.2) is 51.6 Å². The van der Waals surface area contributed by atoms with Gasteiger partial charge in [-0.3, -0.25) is 4.90 Å². The average Bonchev–Trinajstić information content (AvgIpc) is 2.65. The van der Waals surface area contributed by atoms with Gasteiger partial charge in [0.15, 0.2) is 0 Å². The standard InChI is InChI=1S/C19H32N4O3S/c1-15-7-6-10-23(13-15)19(2,3)14-22-18(24)21-12-16-8-5-9-17(11-16)27(25,26)20-4/h5,8-9,11,15,20H,6-7,10,12-14H2,1-4H3,(H2,21,22,24). The average molecular weight is 397 g/mol. The Morgan fingerprint density at radius 1 is 1.30 bits per heavy atom. The molecular formula is C19H32N4O3S. The lowest BCUT2D eigenvalue weighted by molar-refractivity contribution is 0.0724. The van der Waals surface area contributed by atoms with Crippen molar-refractivity contribution in [3.05, 3.63) is 29.8 Å². The Kier molecular flexibility index (Phi) is 7.25. The van der Waals surface area contributed by atoms with Crippen LogP contribution in [0.3, 0.4) is 0 Å². The van der Waals surface area contributed by atoms with Crippen molar-refractivity contribution in [1.29, 1.82) is 0 Å². The molecule has 1 aromatic rings. The summed E-state index contributed by atoms with van der Waals surface area (Å²) in [4.78, 5) is 14.8. The maximum absolute atomic E-state index is 12.2. The second-order valence-electron chi connectivity index (χ2n) is 7.90. The molecule has 1 aliphatic rings. The van der Waals surface area contributed by atoms with Gasteiger partial charge in [0.25, 0.3) is 0 Å². The molecule has 1 unspecified atom stereocenters. The van der Waals surface area contributed by atoms with E-state index in [1.165, 1.54) is 26.0 Å². The minimum absolute atomic E-state index is 0.104. The maximum atomic E-state index is 12.2. The van der Waals surface area contributed by atoms with Crippen LogP contribution in [0.25, 0.3) is 0 Å². The number of piperidine rings is 1. The van der Waals surface area contributed by atoms with Crippen molar-refractivity contribution < 1.29 is 13.2 Å². The van der Waals surface area contributed by atoms with Gasteiger partial charge in [0.2, 0.25) is 10.0 Å². The van der Waals surface area contributed by atoms with Crippen molar-refractivity contribution in [2.75, 3.05) is 26.7 Å². The molecule has 1 saturated heterocycles. The minimum atomic E-state index is -3.49. The van der Waals surface area contributed by atoms with Crippen molar-refractivity contribution in [2.45, 2.75) is 50.6 Å². The number of carbonyl (C=O) groups excluding carboxylic acids is 1. The van der Waals surface area contributed by atoms with Gasteiger partial charge in [0.05, 0.1) is 4.90 Å². The summed E-state index contributed by atoms with van der Waals surface area (Å²) in [5.74, 6) is 0.688. The van der Waals surface area contributed by atoms with Crippen LogP contribution in [0.4, 0.5) is 4.79 Å². The SMILES string of the molecule is CNS(=O)(=O)c1cccc(CNC(=O)NCC(C)(C)N2CCCC(C)C2)c1. The molecule has 27 heavy (non-hydrogen) atoms. The van der Waals surface area contributed by atoms with Crippen molar-refractivity contribution in [2.24, 2.45) is 5.92 Å². The summed E-state index contributed by atoms with van der Waals surface area (Å²) in [5.41, 5.74) is 0.623. The van der Waals surface area contributed by atoms with Gasteiger partial charge in [0, 0.05) is 25.2 Å². The summed E-state index contributed by atoms with van der Waals surface area (Å²) < 4.78 is 26.0. The molecule has 1 atom stereocenters. The molecule has 0 aliphatic carbocycles. The largest absolute Gasteiger partial charge is 0.336 e. The molecule has 0 radical (unpaired) electrons. The van der Waals surface area contributed by atoms with Crippen LogP contribution >= 0.6 is 0 Å². The molecule has 1 aliphatic heterocycles. The van der Waals surface area contributed by atoms with E-state index in [1.54, 1.807) is 18.2 Å². The lowest BCUT2D eigenvalue weighted by Crippen LogP contribution is -2.55. The minimum Gasteiger partial charge on any atom is -0.336 e. The second kappa shape index (κ2) is 9.03. The van der Waals surface area contributed by atoms with Crippen molar-refractivity contribution in [3.63, 3.8) is 0 Å². The summed E-state index contributed by atoms with van der Waals surface area (Å²) in [6.45, 7) is 9.51. The molecule has 1 aromatic carbocycles. The monoisotopic (exact) mass is 396 g/mol. The van der Waals surface area contributed by atoms with E-state index < -0.39 is 10.0 Å². The number of benzene rings is 1. The zero-order valence-electron chi connectivity index (χ0n) is 16.7. The number of carbonyl (C=O) groups is 1. The zero-order valence-corrected chi connectivity index (χ0v) is 17.5. The highest BCUT2D eigenvalue weighted by molar-refractivity contribution is 7.89. The first-order valence-electron chi connectivity index (χ1n) is 9.43. The highest BCUT2D eigenvalue weighted by Gasteiger charge is 2.30. The number of likely N-dealkylation sites (tertiary alicyclic amines) is 1. The van der Waals surface area contributed by atoms with Gasteiger partial charge >= 0.3 is 6.03 Å². The van der Waals surface area contributed by atoms with E-state index in [1.807, 2.05) is 0 Å². The molecule has 8 heteroatoms. The van der Waals surface area contributed by atoms with Gasteiger partial charge in [-0.15, -0.1) is 0 Å². The molecule has 0 aromatic heterocycles. The molecule has 3 N–H and O–H groups in total. The molecule has 0 saturated carbocycles. The normalized spacial score (nSPS) is 18.9. The number of sulfonamides is 1. The smallest absolute Gasteiger partial charge is 0.315 e. The van der Waals surface area contributed by atoms with E-state index in [2.05, 4.69) is 41.0 Å². The molecule has 152 valence electrons. The second-order valence-corrected chi connectivity index (χ2v) is 9.78. The van der Waals surface area contributed by atoms with Crippen LogP contribution in [0.5, 0.6) is 0 Å². The lowest BCUT2D eigenvalue weighted by Gasteiger charge is -2.43. The van der Waals surface area contributed by atoms with Crippen LogP contribution in [-0.2, 0) is 16.6 Å². The summed E-state index contributed by atoms with van der Waals surface area (Å²) in [5, 5.41) is 5.74. The number of amides is 2. The van der Waals surface area contributed by atoms with E-state index in [0.717, 1.165) is 18.7 Å². The molecule has 1 heterocycles. The van der Waals surface area contributed by atoms with Crippen LogP contribution in [0.15, 0.2) is 29.2 Å². The van der Waals surface area contributed by atoms with Crippen molar-refractivity contribution in [3.8, 4) is 0 Å². The van der Waals surface area contributed by atoms with Crippen LogP contribution in [0.2, 0.25) is 0 Å². The molecule has 0 bridgehead atoms. The van der Waals surface area contributed by atoms with Crippen molar-refractivity contribution in [1.82, 2.24) is 20.3 Å². The predicted molar refractivity (Wildman–Crippen MR) is 107 cm³/mol. The molecule has 0 spiro atoms. The van der Waals surface area contributed by atoms with Crippen LogP contribution in [0, 0.1) is 5.92 Å². The Morgan fingerprint density at radius 3 is 2.70 bits per heavy atom. The Balaban J connectivity index is 1.85. The van der Waals surface area contributed by atoms with E-state index in [4.69, 9.17) is 0 Å². The summed E-state index contributed by atoms with van der Waals surface area (Å²) in [6.07, 6.45) is 2.46. The van der Waals surface area contributed by atoms with Crippen LogP contribution < -0.4 is 15.4 Å². The van der Waals surface area contributed by atoms with E-state index in [-0.39, 0.29) is 23.0 Å². The fourth-order valence-electron chi connectivity index (χ4n) is 3.33. The fourth-order valence-corrected chi connectivity index (χ4v) is 4.13. The highest BCUT2D eigenvalue weighted by atomic mass is 32.2. The Hall–Kier alpha value is -1.64. The van der Waals surface area contributed by atoms with E-state index in [0.29, 0.717) is 12.5 Å². The molecule has 2 amide bonds. The molecule has 7 nitrogen and oxygen atoms in total. The molecule has 1 fully saturated rings. The third-order valence-electron chi connectivity index (χ3n) is 5.13. The van der Waals surface area contributed by atoms with Gasteiger partial charge in [-0.2, -0.15) is 0 Å². The summed E-state index contributed by atoms with van der Waals surface area (Å²) in [7, 11) is -2.12. The third-order valence-corrected chi connectivity index (χ3v) is 6.54. The highest BCUT2D eigenvalue weighted by Crippen LogP contribution is 2.23. The molecular weight excluding hydrogens is 364 g/mol. The van der Waals surface area contributed by atoms with Gasteiger partial charge < -0.3 is 10.6 Å². The first-order valence-corrected chi connectivity index (χ1v) is 10.9. The van der Waals surface area contributed by atoms with Crippen LogP contribution in [0.1, 0.15) is 39.2 Å². The number of nitrogens with one attached hydrogen (secondary N) is 3. The Labute approximate surface area is 163 Å². The summed E-state index contributed by atoms with van der Waals surface area (Å²) >= 11 is 0. The number of hydrogen-bond donors (Lipinski definition) is 3. The van der Waals surface area contributed by atoms with Gasteiger partial charge in [0.1, 0.15) is 0 Å². The van der Waals surface area contributed by atoms with Gasteiger partial charge in [-0.1, -0.05) is 19.1 Å². The van der Waals surface area contributed by atoms with Gasteiger partial charge in [-0.05, 0) is 63.9 Å². The summed E-state index contributed by atoms with van der Waals surface area (Å²) in [6, 6.07) is 6.28. The van der Waals surface area contributed by atoms with E-state index in [9.17, 15) is 13.2 Å². The topological polar surface area (TPSA) is 90.5 Å². The number of rotatable bonds is 7. The first-order chi connectivity index (χ1) is 12.6. The van der Waals surface area contributed by atoms with Crippen molar-refractivity contribution >= 4 is 16.1 Å².